The number of rotatable bonds is 3. The molecule has 0 aromatic heterocycles. The second-order valence-electron chi connectivity index (χ2n) is 36.2. The molecule has 706 valence electrons. The van der Waals surface area contributed by atoms with Crippen LogP contribution in [0, 0.1) is 0 Å². The fourth-order valence-corrected chi connectivity index (χ4v) is 19.3. The lowest BCUT2D eigenvalue weighted by Crippen LogP contribution is -1.83. The molecule has 0 N–H and O–H groups in total. The van der Waals surface area contributed by atoms with Gasteiger partial charge in [0.05, 0.1) is 0 Å². The van der Waals surface area contributed by atoms with Crippen molar-refractivity contribution in [2.24, 2.45) is 0 Å². The molecule has 0 aliphatic heterocycles. The van der Waals surface area contributed by atoms with Gasteiger partial charge in [-0.05, 0) is 221 Å². The fraction of sp³-hybridized carbons (Fsp3) is 0.0135. The van der Waals surface area contributed by atoms with E-state index in [4.69, 9.17) is 0 Å². The summed E-state index contributed by atoms with van der Waals surface area (Å²) in [5.41, 5.74) is 19.2. The summed E-state index contributed by atoms with van der Waals surface area (Å²) in [4.78, 5) is 0. The van der Waals surface area contributed by atoms with E-state index in [2.05, 4.69) is 570 Å². The molecule has 2 aliphatic carbocycles. The predicted molar refractivity (Wildman–Crippen MR) is 643 cm³/mol. The summed E-state index contributed by atoms with van der Waals surface area (Å²) >= 11 is 0. The lowest BCUT2D eigenvalue weighted by molar-refractivity contribution is 1.26. The summed E-state index contributed by atoms with van der Waals surface area (Å²) in [7, 11) is 0. The van der Waals surface area contributed by atoms with E-state index in [1.165, 1.54) is 196 Å². The standard InChI is InChI=1S/C20H14.C18H12.2C14H10.2C13H10.2C12H10.2C10H8.2C6H6/c1-3-11-17-15(7-1)9-5-13-19(17)20-14-6-10-16-8-2-4-12-18(16)20;1-2-8-14-13(7-1)15-9-3-4-11-17(15)18-12-6-5-10-16(14)18;1-3-7-13-11(5-1)9-10-12-6-2-4-8-14(12)13;1-2-6-12-10-14-8-4-3-7-13(14)9-11(12)5-1;2*1-3-7-12-10(5-1)9-11-6-2-4-8-13(11)12;2*1-3-7-11(8-4-1)12-9-5-2-6-10-12;2*1-2-6-10-8-4-3-7-9(10)5-1;2*1-2-4-6-5-3-1/h1-14H;1-12H;2*1-10H;2*1-8H,9H2;2*1-10H;2*1-8H;2*1-6H. The molecule has 0 bridgehead atoms. The van der Waals surface area contributed by atoms with E-state index in [9.17, 15) is 0 Å². The highest BCUT2D eigenvalue weighted by atomic mass is 14.2. The van der Waals surface area contributed by atoms with Crippen molar-refractivity contribution in [1.29, 1.82) is 0 Å². The smallest absolute Gasteiger partial charge is 0.00135 e. The third-order valence-electron chi connectivity index (χ3n) is 26.6. The van der Waals surface area contributed by atoms with Crippen molar-refractivity contribution < 1.29 is 0 Å². The molecule has 28 aromatic carbocycles. The third-order valence-corrected chi connectivity index (χ3v) is 26.6. The van der Waals surface area contributed by atoms with E-state index in [1.54, 1.807) is 0 Å². The molecule has 0 radical (unpaired) electrons. The molecule has 28 aromatic rings. The second-order valence-corrected chi connectivity index (χ2v) is 36.2. The lowest BCUT2D eigenvalue weighted by Gasteiger charge is -2.10. The fourth-order valence-electron chi connectivity index (χ4n) is 19.3. The van der Waals surface area contributed by atoms with Crippen LogP contribution in [-0.2, 0) is 12.8 Å². The van der Waals surface area contributed by atoms with Crippen molar-refractivity contribution in [2.75, 3.05) is 0 Å². The van der Waals surface area contributed by atoms with E-state index in [0.29, 0.717) is 0 Å². The van der Waals surface area contributed by atoms with Gasteiger partial charge in [0.15, 0.2) is 0 Å². The monoisotopic (exact) mass is 1890 g/mol. The average molecular weight is 1890 g/mol. The first kappa shape index (κ1) is 97.8. The Kier molecular flexibility index (Phi) is 33.8. The molecule has 0 fully saturated rings. The van der Waals surface area contributed by atoms with Crippen molar-refractivity contribution in [3.8, 4) is 55.6 Å². The Bertz CT molecular complexity index is 7980. The minimum atomic E-state index is 1.10. The van der Waals surface area contributed by atoms with E-state index >= 15 is 0 Å². The molecule has 0 unspecified atom stereocenters. The summed E-state index contributed by atoms with van der Waals surface area (Å²) in [6, 6.07) is 233. The topological polar surface area (TPSA) is 0 Å². The van der Waals surface area contributed by atoms with Crippen molar-refractivity contribution in [1.82, 2.24) is 0 Å². The maximum atomic E-state index is 2.24. The average Bonchev–Trinajstić information content (AvgIpc) is 1.45. The van der Waals surface area contributed by atoms with Gasteiger partial charge in [0, 0.05) is 0 Å². The van der Waals surface area contributed by atoms with Crippen molar-refractivity contribution in [3.63, 3.8) is 0 Å². The Hall–Kier alpha value is -19.0. The predicted octanol–water partition coefficient (Wildman–Crippen LogP) is 41.1. The Labute approximate surface area is 870 Å². The summed E-state index contributed by atoms with van der Waals surface area (Å²) in [6.45, 7) is 0. The lowest BCUT2D eigenvalue weighted by atomic mass is 9.94. The quantitative estimate of drug-likeness (QED) is 0.122. The third kappa shape index (κ3) is 25.5. The van der Waals surface area contributed by atoms with Crippen LogP contribution >= 0.6 is 0 Å². The Balaban J connectivity index is 0.000000103. The van der Waals surface area contributed by atoms with Crippen LogP contribution in [-0.4, -0.2) is 0 Å². The van der Waals surface area contributed by atoms with Gasteiger partial charge in [-0.25, -0.2) is 0 Å². The van der Waals surface area contributed by atoms with Gasteiger partial charge < -0.3 is 0 Å². The summed E-state index contributed by atoms with van der Waals surface area (Å²) in [5.74, 6) is 0. The van der Waals surface area contributed by atoms with Crippen molar-refractivity contribution in [2.45, 2.75) is 12.8 Å². The van der Waals surface area contributed by atoms with Crippen LogP contribution < -0.4 is 0 Å². The van der Waals surface area contributed by atoms with Gasteiger partial charge in [-0.1, -0.05) is 655 Å². The highest BCUT2D eigenvalue weighted by Crippen LogP contribution is 2.40. The molecule has 2 aliphatic rings. The molecule has 0 heteroatoms. The Morgan fingerprint density at radius 3 is 0.446 bits per heavy atom. The van der Waals surface area contributed by atoms with E-state index < -0.39 is 0 Å². The molecule has 0 saturated heterocycles. The minimum absolute atomic E-state index is 1.10. The zero-order valence-electron chi connectivity index (χ0n) is 82.9. The van der Waals surface area contributed by atoms with Gasteiger partial charge >= 0.3 is 0 Å². The van der Waals surface area contributed by atoms with E-state index in [0.717, 1.165) is 12.8 Å². The summed E-state index contributed by atoms with van der Waals surface area (Å²) in [6.07, 6.45) is 2.21. The van der Waals surface area contributed by atoms with Gasteiger partial charge in [0.2, 0.25) is 0 Å². The van der Waals surface area contributed by atoms with Gasteiger partial charge in [-0.3, -0.25) is 0 Å². The number of fused-ring (bicyclic) bond motifs is 21. The first-order chi connectivity index (χ1) is 73.5. The largest absolute Gasteiger partial charge is 0.0623 e. The first-order valence-electron chi connectivity index (χ1n) is 50.9. The summed E-state index contributed by atoms with van der Waals surface area (Å²) in [5, 5.41) is 29.0. The molecular weight excluding hydrogens is 1780 g/mol. The SMILES string of the molecule is c1ccc(-c2ccccc2)cc1.c1ccc(-c2ccccc2)cc1.c1ccc2c(-c3cccc4ccccc34)cccc2c1.c1ccc2c(c1)Cc1ccccc1-2.c1ccc2c(c1)Cc1ccccc1-2.c1ccc2c(c1)c1ccccc1c1ccccc21.c1ccc2c(c1)ccc1ccccc12.c1ccc2cc3ccccc3cc2c1.c1ccc2ccccc2c1.c1ccc2ccccc2c1.c1ccccc1.c1ccccc1. The highest BCUT2D eigenvalue weighted by Gasteiger charge is 2.18. The van der Waals surface area contributed by atoms with Crippen molar-refractivity contribution >= 4 is 118 Å². The van der Waals surface area contributed by atoms with Crippen LogP contribution in [0.1, 0.15) is 22.3 Å². The maximum Gasteiger partial charge on any atom is -0.00135 e. The van der Waals surface area contributed by atoms with Crippen LogP contribution in [0.4, 0.5) is 0 Å². The van der Waals surface area contributed by atoms with Gasteiger partial charge in [0.1, 0.15) is 0 Å². The molecule has 0 saturated carbocycles. The molecular formula is C148H114. The van der Waals surface area contributed by atoms with Gasteiger partial charge in [-0.15, -0.1) is 0 Å². The number of hydrogen-bond acceptors (Lipinski definition) is 0. The maximum absolute atomic E-state index is 2.24. The molecule has 30 rings (SSSR count). The first-order valence-corrected chi connectivity index (χ1v) is 50.9. The van der Waals surface area contributed by atoms with E-state index in [1.807, 2.05) is 97.1 Å². The molecule has 0 atom stereocenters. The number of hydrogen-bond donors (Lipinski definition) is 0. The zero-order chi connectivity index (χ0) is 100.0. The van der Waals surface area contributed by atoms with Crippen LogP contribution in [0.2, 0.25) is 0 Å². The Morgan fingerprint density at radius 2 is 0.223 bits per heavy atom. The molecule has 0 spiro atoms. The highest BCUT2D eigenvalue weighted by molar-refractivity contribution is 6.25. The molecule has 0 nitrogen and oxygen atoms in total. The van der Waals surface area contributed by atoms with E-state index in [-0.39, 0.29) is 0 Å². The van der Waals surface area contributed by atoms with Crippen LogP contribution in [0.25, 0.3) is 174 Å². The summed E-state index contributed by atoms with van der Waals surface area (Å²) < 4.78 is 0. The minimum Gasteiger partial charge on any atom is -0.0623 e. The second kappa shape index (κ2) is 51.1. The molecule has 0 amide bonds. The molecule has 0 heterocycles. The number of benzene rings is 28. The van der Waals surface area contributed by atoms with Crippen LogP contribution in [0.5, 0.6) is 0 Å². The van der Waals surface area contributed by atoms with Crippen molar-refractivity contribution in [3.05, 3.63) is 690 Å². The van der Waals surface area contributed by atoms with Gasteiger partial charge in [0.25, 0.3) is 0 Å². The Morgan fingerprint density at radius 1 is 0.0811 bits per heavy atom. The van der Waals surface area contributed by atoms with Crippen LogP contribution in [0.15, 0.2) is 667 Å². The van der Waals surface area contributed by atoms with Gasteiger partial charge in [-0.2, -0.15) is 0 Å². The van der Waals surface area contributed by atoms with Crippen LogP contribution in [0.3, 0.4) is 0 Å². The molecule has 148 heavy (non-hydrogen) atoms. The zero-order valence-corrected chi connectivity index (χ0v) is 82.9. The normalized spacial score (nSPS) is 10.6.